The maximum Gasteiger partial charge on any atom is 0.317 e. The van der Waals surface area contributed by atoms with E-state index in [0.717, 1.165) is 31.6 Å². The van der Waals surface area contributed by atoms with Crippen molar-refractivity contribution in [2.24, 2.45) is 0 Å². The molecule has 21 heavy (non-hydrogen) atoms. The van der Waals surface area contributed by atoms with E-state index < -0.39 is 0 Å². The highest BCUT2D eigenvalue weighted by molar-refractivity contribution is 5.75. The molecule has 0 aromatic carbocycles. The zero-order chi connectivity index (χ0) is 14.2. The van der Waals surface area contributed by atoms with E-state index in [1.165, 1.54) is 32.1 Å². The fourth-order valence-electron chi connectivity index (χ4n) is 3.34. The van der Waals surface area contributed by atoms with Crippen LogP contribution in [0, 0.1) is 0 Å². The van der Waals surface area contributed by atoms with Gasteiger partial charge in [0.2, 0.25) is 0 Å². The van der Waals surface area contributed by atoms with E-state index in [-0.39, 0.29) is 6.03 Å². The normalized spacial score (nSPS) is 23.9. The molecule has 1 aromatic rings. The van der Waals surface area contributed by atoms with Crippen molar-refractivity contribution in [1.82, 2.24) is 25.2 Å². The molecule has 1 N–H and O–H groups in total. The summed E-state index contributed by atoms with van der Waals surface area (Å²) in [6.45, 7) is 1.51. The maximum atomic E-state index is 12.2. The molecule has 1 aliphatic heterocycles. The van der Waals surface area contributed by atoms with E-state index in [4.69, 9.17) is 0 Å². The van der Waals surface area contributed by atoms with Gasteiger partial charge in [-0.2, -0.15) is 0 Å². The van der Waals surface area contributed by atoms with Gasteiger partial charge in [-0.3, -0.25) is 0 Å². The number of hydrogen-bond acceptors (Lipinski definition) is 3. The number of rotatable bonds is 3. The summed E-state index contributed by atoms with van der Waals surface area (Å²) in [5.74, 6) is 0.643. The first kappa shape index (κ1) is 13.1. The van der Waals surface area contributed by atoms with Gasteiger partial charge in [0.15, 0.2) is 0 Å². The van der Waals surface area contributed by atoms with Crippen molar-refractivity contribution in [3.05, 3.63) is 11.9 Å². The molecule has 3 fully saturated rings. The summed E-state index contributed by atoms with van der Waals surface area (Å²) in [7, 11) is 0. The summed E-state index contributed by atoms with van der Waals surface area (Å²) in [6.07, 6.45) is 10.6. The van der Waals surface area contributed by atoms with Crippen molar-refractivity contribution in [3.63, 3.8) is 0 Å². The third-order valence-corrected chi connectivity index (χ3v) is 4.98. The number of amides is 2. The van der Waals surface area contributed by atoms with Gasteiger partial charge in [0.25, 0.3) is 0 Å². The Hall–Kier alpha value is -1.59. The summed E-state index contributed by atoms with van der Waals surface area (Å²) in [5.41, 5.74) is 1.13. The smallest absolute Gasteiger partial charge is 0.317 e. The molecule has 2 amide bonds. The van der Waals surface area contributed by atoms with Gasteiger partial charge in [0.1, 0.15) is 0 Å². The molecule has 0 atom stereocenters. The predicted molar refractivity (Wildman–Crippen MR) is 78.0 cm³/mol. The third-order valence-electron chi connectivity index (χ3n) is 4.98. The lowest BCUT2D eigenvalue weighted by atomic mass is 9.95. The molecule has 0 spiro atoms. The molecule has 6 nitrogen and oxygen atoms in total. The summed E-state index contributed by atoms with van der Waals surface area (Å²) in [6, 6.07) is 0.793. The maximum absolute atomic E-state index is 12.2. The Morgan fingerprint density at radius 2 is 1.90 bits per heavy atom. The standard InChI is InChI=1S/C15H23N5O/c21-15(16-12-4-2-1-3-5-12)19-8-13(9-19)20-10-14(17-18-20)11-6-7-11/h10-13H,1-9H2,(H,16,21). The third kappa shape index (κ3) is 2.76. The van der Waals surface area contributed by atoms with Crippen molar-refractivity contribution >= 4 is 6.03 Å². The zero-order valence-electron chi connectivity index (χ0n) is 12.4. The lowest BCUT2D eigenvalue weighted by Crippen LogP contribution is -2.56. The number of nitrogens with one attached hydrogen (secondary N) is 1. The van der Waals surface area contributed by atoms with Crippen LogP contribution in [-0.4, -0.2) is 45.1 Å². The molecule has 4 rings (SSSR count). The molecular weight excluding hydrogens is 266 g/mol. The first-order valence-electron chi connectivity index (χ1n) is 8.27. The number of carbonyl (C=O) groups excluding carboxylic acids is 1. The van der Waals surface area contributed by atoms with Crippen molar-refractivity contribution in [3.8, 4) is 0 Å². The number of carbonyl (C=O) groups is 1. The van der Waals surface area contributed by atoms with Crippen LogP contribution in [0.2, 0.25) is 0 Å². The monoisotopic (exact) mass is 289 g/mol. The minimum atomic E-state index is 0.0979. The molecular formula is C15H23N5O. The van der Waals surface area contributed by atoms with Crippen molar-refractivity contribution in [2.45, 2.75) is 62.9 Å². The van der Waals surface area contributed by atoms with Crippen LogP contribution in [0.15, 0.2) is 6.20 Å². The fraction of sp³-hybridized carbons (Fsp3) is 0.800. The first-order valence-corrected chi connectivity index (χ1v) is 8.27. The largest absolute Gasteiger partial charge is 0.335 e. The van der Waals surface area contributed by atoms with Gasteiger partial charge in [0, 0.05) is 31.2 Å². The topological polar surface area (TPSA) is 63.1 Å². The molecule has 0 bridgehead atoms. The second kappa shape index (κ2) is 5.31. The molecule has 2 saturated carbocycles. The molecule has 6 heteroatoms. The summed E-state index contributed by atoms with van der Waals surface area (Å²) < 4.78 is 1.94. The highest BCUT2D eigenvalue weighted by atomic mass is 16.2. The molecule has 2 heterocycles. The van der Waals surface area contributed by atoms with Gasteiger partial charge in [-0.15, -0.1) is 5.10 Å². The molecule has 0 unspecified atom stereocenters. The highest BCUT2D eigenvalue weighted by Gasteiger charge is 2.35. The average molecular weight is 289 g/mol. The summed E-state index contributed by atoms with van der Waals surface area (Å²) in [5, 5.41) is 11.6. The van der Waals surface area contributed by atoms with Gasteiger partial charge < -0.3 is 10.2 Å². The molecule has 1 saturated heterocycles. The van der Waals surface area contributed by atoms with Gasteiger partial charge in [0.05, 0.1) is 11.7 Å². The number of nitrogens with zero attached hydrogens (tertiary/aromatic N) is 4. The number of hydrogen-bond donors (Lipinski definition) is 1. The Balaban J connectivity index is 1.26. The van der Waals surface area contributed by atoms with E-state index in [2.05, 4.69) is 21.8 Å². The van der Waals surface area contributed by atoms with E-state index in [1.807, 2.05) is 9.58 Å². The van der Waals surface area contributed by atoms with Crippen LogP contribution in [-0.2, 0) is 0 Å². The lowest BCUT2D eigenvalue weighted by Gasteiger charge is -2.39. The predicted octanol–water partition coefficient (Wildman–Crippen LogP) is 2.05. The quantitative estimate of drug-likeness (QED) is 0.926. The van der Waals surface area contributed by atoms with Crippen LogP contribution in [0.25, 0.3) is 0 Å². The minimum absolute atomic E-state index is 0.0979. The van der Waals surface area contributed by atoms with Crippen LogP contribution >= 0.6 is 0 Å². The summed E-state index contributed by atoms with van der Waals surface area (Å²) in [4.78, 5) is 14.1. The van der Waals surface area contributed by atoms with Gasteiger partial charge in [-0.1, -0.05) is 24.5 Å². The molecule has 0 radical (unpaired) electrons. The van der Waals surface area contributed by atoms with Crippen LogP contribution in [0.5, 0.6) is 0 Å². The van der Waals surface area contributed by atoms with Gasteiger partial charge in [-0.25, -0.2) is 9.48 Å². The van der Waals surface area contributed by atoms with E-state index in [9.17, 15) is 4.79 Å². The van der Waals surface area contributed by atoms with Crippen LogP contribution in [0.4, 0.5) is 4.79 Å². The summed E-state index contributed by atoms with van der Waals surface area (Å²) >= 11 is 0. The highest BCUT2D eigenvalue weighted by Crippen LogP contribution is 2.39. The number of likely N-dealkylation sites (tertiary alicyclic amines) is 1. The fourth-order valence-corrected chi connectivity index (χ4v) is 3.34. The van der Waals surface area contributed by atoms with Crippen LogP contribution in [0.1, 0.15) is 62.6 Å². The molecule has 1 aromatic heterocycles. The minimum Gasteiger partial charge on any atom is -0.335 e. The first-order chi connectivity index (χ1) is 10.3. The SMILES string of the molecule is O=C(NC1CCCCC1)N1CC(n2cc(C3CC3)nn2)C1. The van der Waals surface area contributed by atoms with Gasteiger partial charge in [-0.05, 0) is 25.7 Å². The Bertz CT molecular complexity index is 512. The second-order valence-corrected chi connectivity index (χ2v) is 6.74. The molecule has 114 valence electrons. The lowest BCUT2D eigenvalue weighted by molar-refractivity contribution is 0.113. The number of aromatic nitrogens is 3. The van der Waals surface area contributed by atoms with E-state index in [0.29, 0.717) is 18.0 Å². The Kier molecular flexibility index (Phi) is 3.31. The van der Waals surface area contributed by atoms with Crippen molar-refractivity contribution < 1.29 is 4.79 Å². The zero-order valence-corrected chi connectivity index (χ0v) is 12.4. The molecule has 2 aliphatic carbocycles. The van der Waals surface area contributed by atoms with Crippen molar-refractivity contribution in [1.29, 1.82) is 0 Å². The number of urea groups is 1. The van der Waals surface area contributed by atoms with E-state index in [1.54, 1.807) is 0 Å². The van der Waals surface area contributed by atoms with Gasteiger partial charge >= 0.3 is 6.03 Å². The molecule has 3 aliphatic rings. The van der Waals surface area contributed by atoms with E-state index >= 15 is 0 Å². The van der Waals surface area contributed by atoms with Crippen LogP contribution in [0.3, 0.4) is 0 Å². The Morgan fingerprint density at radius 1 is 1.14 bits per heavy atom. The second-order valence-electron chi connectivity index (χ2n) is 6.74. The average Bonchev–Trinajstić information content (AvgIpc) is 3.18. The van der Waals surface area contributed by atoms with Crippen molar-refractivity contribution in [2.75, 3.05) is 13.1 Å². The Labute approximate surface area is 124 Å². The Morgan fingerprint density at radius 3 is 2.62 bits per heavy atom. The van der Waals surface area contributed by atoms with Crippen LogP contribution < -0.4 is 5.32 Å².